The van der Waals surface area contributed by atoms with Gasteiger partial charge < -0.3 is 10.1 Å². The molecule has 0 radical (unpaired) electrons. The lowest BCUT2D eigenvalue weighted by atomic mass is 10.1. The van der Waals surface area contributed by atoms with E-state index in [0.29, 0.717) is 27.9 Å². The highest BCUT2D eigenvalue weighted by atomic mass is 19.1. The molecule has 2 heterocycles. The SMILES string of the molecule is Cc1c2n(c(=O)n(Cc3ccc(C#N)cc3)c1=O)C=C(C(=O)NCc1ccc(F)cc1)OC2. The molecule has 4 rings (SSSR count). The number of hydrogen-bond acceptors (Lipinski definition) is 5. The lowest BCUT2D eigenvalue weighted by molar-refractivity contribution is -0.121. The van der Waals surface area contributed by atoms with E-state index in [0.717, 1.165) is 4.57 Å². The van der Waals surface area contributed by atoms with E-state index >= 15 is 0 Å². The Hall–Kier alpha value is -4.45. The molecule has 1 aliphatic heterocycles. The monoisotopic (exact) mass is 446 g/mol. The van der Waals surface area contributed by atoms with Crippen LogP contribution in [-0.2, 0) is 29.2 Å². The second-order valence-electron chi connectivity index (χ2n) is 7.52. The number of fused-ring (bicyclic) bond motifs is 1. The number of rotatable bonds is 5. The fraction of sp³-hybridized carbons (Fsp3) is 0.167. The van der Waals surface area contributed by atoms with E-state index in [4.69, 9.17) is 10.00 Å². The summed E-state index contributed by atoms with van der Waals surface area (Å²) in [6.45, 7) is 1.66. The minimum Gasteiger partial charge on any atom is -0.480 e. The van der Waals surface area contributed by atoms with Crippen LogP contribution in [0.3, 0.4) is 0 Å². The molecule has 0 bridgehead atoms. The maximum absolute atomic E-state index is 13.1. The summed E-state index contributed by atoms with van der Waals surface area (Å²) >= 11 is 0. The number of benzene rings is 2. The molecule has 2 aromatic carbocycles. The summed E-state index contributed by atoms with van der Waals surface area (Å²) in [7, 11) is 0. The van der Waals surface area contributed by atoms with Gasteiger partial charge in [0.2, 0.25) is 5.76 Å². The number of ether oxygens (including phenoxy) is 1. The molecule has 33 heavy (non-hydrogen) atoms. The first-order valence-corrected chi connectivity index (χ1v) is 10.1. The zero-order chi connectivity index (χ0) is 23.5. The molecule has 9 heteroatoms. The van der Waals surface area contributed by atoms with Gasteiger partial charge in [-0.15, -0.1) is 0 Å². The first-order valence-electron chi connectivity index (χ1n) is 10.1. The van der Waals surface area contributed by atoms with Gasteiger partial charge in [0.25, 0.3) is 11.5 Å². The van der Waals surface area contributed by atoms with Gasteiger partial charge in [0.15, 0.2) is 0 Å². The Morgan fingerprint density at radius 2 is 1.79 bits per heavy atom. The number of carbonyl (C=O) groups excluding carboxylic acids is 1. The summed E-state index contributed by atoms with van der Waals surface area (Å²) in [6, 6.07) is 14.3. The first kappa shape index (κ1) is 21.8. The Balaban J connectivity index is 1.62. The molecule has 0 saturated carbocycles. The molecule has 3 aromatic rings. The van der Waals surface area contributed by atoms with Gasteiger partial charge in [-0.3, -0.25) is 18.7 Å². The van der Waals surface area contributed by atoms with Crippen molar-refractivity contribution >= 4 is 12.1 Å². The third-order valence-electron chi connectivity index (χ3n) is 5.35. The van der Waals surface area contributed by atoms with Crippen LogP contribution in [0.4, 0.5) is 4.39 Å². The molecule has 0 aliphatic carbocycles. The van der Waals surface area contributed by atoms with Crippen LogP contribution in [-0.4, -0.2) is 15.0 Å². The number of halogens is 1. The first-order chi connectivity index (χ1) is 15.9. The minimum absolute atomic E-state index is 0.0191. The van der Waals surface area contributed by atoms with E-state index < -0.39 is 17.2 Å². The molecular formula is C24H19FN4O4. The lowest BCUT2D eigenvalue weighted by Crippen LogP contribution is -2.43. The standard InChI is InChI=1S/C24H19FN4O4/c1-15-20-14-33-21(22(30)27-11-17-6-8-19(25)9-7-17)13-28(20)24(32)29(23(15)31)12-18-4-2-16(10-26)3-5-18/h2-9,13H,11-12,14H2,1H3,(H,27,30). The van der Waals surface area contributed by atoms with Crippen LogP contribution in [0.2, 0.25) is 0 Å². The van der Waals surface area contributed by atoms with E-state index in [1.807, 2.05) is 6.07 Å². The van der Waals surface area contributed by atoms with Gasteiger partial charge >= 0.3 is 5.69 Å². The highest BCUT2D eigenvalue weighted by Crippen LogP contribution is 2.16. The topological polar surface area (TPSA) is 106 Å². The molecule has 0 atom stereocenters. The molecule has 8 nitrogen and oxygen atoms in total. The summed E-state index contributed by atoms with van der Waals surface area (Å²) in [5.41, 5.74) is 1.52. The third-order valence-corrected chi connectivity index (χ3v) is 5.35. The van der Waals surface area contributed by atoms with Crippen molar-refractivity contribution < 1.29 is 13.9 Å². The fourth-order valence-corrected chi connectivity index (χ4v) is 3.45. The van der Waals surface area contributed by atoms with Crippen molar-refractivity contribution in [3.63, 3.8) is 0 Å². The number of aromatic nitrogens is 2. The highest BCUT2D eigenvalue weighted by Gasteiger charge is 2.23. The van der Waals surface area contributed by atoms with Gasteiger partial charge in [0, 0.05) is 12.1 Å². The molecule has 0 saturated heterocycles. The predicted octanol–water partition coefficient (Wildman–Crippen LogP) is 2.02. The van der Waals surface area contributed by atoms with E-state index in [9.17, 15) is 18.8 Å². The van der Waals surface area contributed by atoms with Crippen LogP contribution >= 0.6 is 0 Å². The van der Waals surface area contributed by atoms with Gasteiger partial charge in [0.1, 0.15) is 12.4 Å². The van der Waals surface area contributed by atoms with Gasteiger partial charge in [-0.1, -0.05) is 24.3 Å². The Morgan fingerprint density at radius 3 is 2.45 bits per heavy atom. The quantitative estimate of drug-likeness (QED) is 0.646. The van der Waals surface area contributed by atoms with Gasteiger partial charge in [-0.25, -0.2) is 9.18 Å². The van der Waals surface area contributed by atoms with Crippen molar-refractivity contribution in [1.82, 2.24) is 14.5 Å². The average molecular weight is 446 g/mol. The molecule has 0 fully saturated rings. The van der Waals surface area contributed by atoms with E-state index in [1.165, 1.54) is 22.9 Å². The summed E-state index contributed by atoms with van der Waals surface area (Å²) in [5, 5.41) is 11.6. The highest BCUT2D eigenvalue weighted by molar-refractivity contribution is 5.94. The lowest BCUT2D eigenvalue weighted by Gasteiger charge is -2.21. The van der Waals surface area contributed by atoms with Crippen LogP contribution in [0.15, 0.2) is 63.9 Å². The molecule has 1 aliphatic rings. The largest absolute Gasteiger partial charge is 0.480 e. The fourth-order valence-electron chi connectivity index (χ4n) is 3.45. The summed E-state index contributed by atoms with van der Waals surface area (Å²) in [5.74, 6) is -0.990. The molecule has 1 aromatic heterocycles. The molecule has 1 amide bonds. The van der Waals surface area contributed by atoms with Gasteiger partial charge in [0.05, 0.1) is 30.1 Å². The van der Waals surface area contributed by atoms with Gasteiger partial charge in [-0.05, 0) is 42.3 Å². The Labute approximate surface area is 187 Å². The normalized spacial score (nSPS) is 12.2. The second kappa shape index (κ2) is 8.96. The number of nitrogens with zero attached hydrogens (tertiary/aromatic N) is 3. The Bertz CT molecular complexity index is 1410. The number of nitrogens with one attached hydrogen (secondary N) is 1. The summed E-state index contributed by atoms with van der Waals surface area (Å²) in [4.78, 5) is 38.5. The molecule has 0 unspecified atom stereocenters. The van der Waals surface area contributed by atoms with Crippen LogP contribution in [0, 0.1) is 24.1 Å². The van der Waals surface area contributed by atoms with Crippen LogP contribution in [0.5, 0.6) is 0 Å². The zero-order valence-corrected chi connectivity index (χ0v) is 17.7. The van der Waals surface area contributed by atoms with Crippen LogP contribution < -0.4 is 16.6 Å². The van der Waals surface area contributed by atoms with E-state index in [1.54, 1.807) is 43.3 Å². The Morgan fingerprint density at radius 1 is 1.12 bits per heavy atom. The Kier molecular flexibility index (Phi) is 5.91. The van der Waals surface area contributed by atoms with Crippen LogP contribution in [0.1, 0.15) is 27.9 Å². The number of carbonyl (C=O) groups is 1. The molecule has 166 valence electrons. The second-order valence-corrected chi connectivity index (χ2v) is 7.52. The maximum Gasteiger partial charge on any atom is 0.335 e. The number of amides is 1. The number of nitriles is 1. The van der Waals surface area contributed by atoms with Crippen molar-refractivity contribution in [2.24, 2.45) is 0 Å². The van der Waals surface area contributed by atoms with Crippen molar-refractivity contribution in [3.05, 3.63) is 109 Å². The third kappa shape index (κ3) is 4.45. The average Bonchev–Trinajstić information content (AvgIpc) is 2.84. The van der Waals surface area contributed by atoms with E-state index in [-0.39, 0.29) is 31.3 Å². The smallest absolute Gasteiger partial charge is 0.335 e. The minimum atomic E-state index is -0.600. The number of hydrogen-bond donors (Lipinski definition) is 1. The van der Waals surface area contributed by atoms with Crippen molar-refractivity contribution in [2.45, 2.75) is 26.6 Å². The molecule has 1 N–H and O–H groups in total. The van der Waals surface area contributed by atoms with Crippen molar-refractivity contribution in [3.8, 4) is 6.07 Å². The van der Waals surface area contributed by atoms with Gasteiger partial charge in [-0.2, -0.15) is 5.26 Å². The van der Waals surface area contributed by atoms with Crippen molar-refractivity contribution in [1.29, 1.82) is 5.26 Å². The summed E-state index contributed by atoms with van der Waals surface area (Å²) in [6.07, 6.45) is 1.27. The van der Waals surface area contributed by atoms with Crippen molar-refractivity contribution in [2.75, 3.05) is 0 Å². The predicted molar refractivity (Wildman–Crippen MR) is 117 cm³/mol. The van der Waals surface area contributed by atoms with E-state index in [2.05, 4.69) is 5.32 Å². The molecule has 0 spiro atoms. The summed E-state index contributed by atoms with van der Waals surface area (Å²) < 4.78 is 20.9. The molecular weight excluding hydrogens is 427 g/mol. The maximum atomic E-state index is 13.1. The zero-order valence-electron chi connectivity index (χ0n) is 17.7. The van der Waals surface area contributed by atoms with Crippen LogP contribution in [0.25, 0.3) is 6.20 Å².